The van der Waals surface area contributed by atoms with Crippen LogP contribution in [0.25, 0.3) is 0 Å². The van der Waals surface area contributed by atoms with Gasteiger partial charge in [0.25, 0.3) is 0 Å². The molecule has 0 saturated carbocycles. The molecule has 7 heteroatoms. The number of rotatable bonds is 8. The van der Waals surface area contributed by atoms with Crippen LogP contribution < -0.4 is 4.74 Å². The van der Waals surface area contributed by atoms with E-state index in [9.17, 15) is 9.59 Å². The fourth-order valence-corrected chi connectivity index (χ4v) is 2.86. The number of oxime groups is 1. The van der Waals surface area contributed by atoms with Crippen molar-refractivity contribution in [1.82, 2.24) is 0 Å². The summed E-state index contributed by atoms with van der Waals surface area (Å²) in [5.74, 6) is -0.195. The molecule has 0 aliphatic heterocycles. The topological polar surface area (TPSA) is 85.2 Å². The minimum Gasteiger partial charge on any atom is -0.491 e. The molecule has 0 bridgehead atoms. The molecule has 26 heavy (non-hydrogen) atoms. The van der Waals surface area contributed by atoms with Crippen LogP contribution in [0.3, 0.4) is 0 Å². The van der Waals surface area contributed by atoms with Crippen molar-refractivity contribution in [1.29, 1.82) is 0 Å². The highest BCUT2D eigenvalue weighted by molar-refractivity contribution is 7.99. The molecule has 0 heterocycles. The maximum Gasteiger partial charge on any atom is 0.331 e. The highest BCUT2D eigenvalue weighted by atomic mass is 32.2. The zero-order chi connectivity index (χ0) is 18.9. The van der Waals surface area contributed by atoms with E-state index < -0.39 is 5.97 Å². The summed E-state index contributed by atoms with van der Waals surface area (Å²) in [6.45, 7) is 2.94. The molecular formula is C19H19NO5S. The summed E-state index contributed by atoms with van der Waals surface area (Å²) in [4.78, 5) is 29.5. The Labute approximate surface area is 155 Å². The van der Waals surface area contributed by atoms with Gasteiger partial charge in [-0.15, -0.1) is 0 Å². The van der Waals surface area contributed by atoms with Crippen molar-refractivity contribution in [3.8, 4) is 5.75 Å². The summed E-state index contributed by atoms with van der Waals surface area (Å²) < 4.78 is 5.32. The molecule has 6 nitrogen and oxygen atoms in total. The third-order valence-corrected chi connectivity index (χ3v) is 4.15. The summed E-state index contributed by atoms with van der Waals surface area (Å²) in [5, 5.41) is 12.3. The number of hydrogen-bond acceptors (Lipinski definition) is 7. The monoisotopic (exact) mass is 373 g/mol. The van der Waals surface area contributed by atoms with E-state index in [2.05, 4.69) is 9.99 Å². The summed E-state index contributed by atoms with van der Waals surface area (Å²) >= 11 is 1.50. The van der Waals surface area contributed by atoms with Crippen LogP contribution in [-0.4, -0.2) is 35.8 Å². The molecule has 0 saturated heterocycles. The van der Waals surface area contributed by atoms with E-state index in [1.54, 1.807) is 18.2 Å². The third kappa shape index (κ3) is 6.02. The van der Waals surface area contributed by atoms with Gasteiger partial charge in [0.1, 0.15) is 18.1 Å². The lowest BCUT2D eigenvalue weighted by atomic mass is 10.1. The Hall–Kier alpha value is -2.64. The Morgan fingerprint density at radius 1 is 1.08 bits per heavy atom. The van der Waals surface area contributed by atoms with Crippen LogP contribution >= 0.6 is 11.8 Å². The van der Waals surface area contributed by atoms with E-state index in [-0.39, 0.29) is 24.7 Å². The van der Waals surface area contributed by atoms with Crippen molar-refractivity contribution in [3.63, 3.8) is 0 Å². The summed E-state index contributed by atoms with van der Waals surface area (Å²) in [6, 6.07) is 14.6. The number of benzene rings is 2. The number of Topliss-reactive ketones (excluding diaryl/α,β-unsaturated/α-hetero) is 1. The normalized spacial score (nSPS) is 11.1. The van der Waals surface area contributed by atoms with Crippen LogP contribution in [-0.2, 0) is 9.63 Å². The van der Waals surface area contributed by atoms with Gasteiger partial charge in [-0.3, -0.25) is 4.79 Å². The number of carbonyl (C=O) groups is 2. The SMILES string of the molecule is CC(=O)O/N=C(\C)C(=O)c1cccc(Sc2ccc(OCCO)cc2)c1. The number of aliphatic hydroxyl groups is 1. The average Bonchev–Trinajstić information content (AvgIpc) is 2.65. The van der Waals surface area contributed by atoms with Crippen molar-refractivity contribution in [2.24, 2.45) is 5.16 Å². The van der Waals surface area contributed by atoms with Gasteiger partial charge in [-0.1, -0.05) is 29.1 Å². The van der Waals surface area contributed by atoms with Gasteiger partial charge in [-0.25, -0.2) is 4.79 Å². The molecule has 2 rings (SSSR count). The number of ether oxygens (including phenoxy) is 1. The highest BCUT2D eigenvalue weighted by Crippen LogP contribution is 2.29. The molecule has 1 N–H and O–H groups in total. The molecule has 0 unspecified atom stereocenters. The van der Waals surface area contributed by atoms with Gasteiger partial charge >= 0.3 is 5.97 Å². The van der Waals surface area contributed by atoms with Crippen molar-refractivity contribution in [2.75, 3.05) is 13.2 Å². The number of ketones is 1. The minimum absolute atomic E-state index is 0.0303. The molecule has 0 radical (unpaired) electrons. The van der Waals surface area contributed by atoms with Crippen molar-refractivity contribution in [2.45, 2.75) is 23.6 Å². The molecule has 0 aromatic heterocycles. The van der Waals surface area contributed by atoms with E-state index >= 15 is 0 Å². The highest BCUT2D eigenvalue weighted by Gasteiger charge is 2.12. The van der Waals surface area contributed by atoms with Gasteiger partial charge in [-0.05, 0) is 43.3 Å². The van der Waals surface area contributed by atoms with Gasteiger partial charge in [-0.2, -0.15) is 0 Å². The smallest absolute Gasteiger partial charge is 0.331 e. The lowest BCUT2D eigenvalue weighted by molar-refractivity contribution is -0.140. The van der Waals surface area contributed by atoms with Gasteiger partial charge in [0.2, 0.25) is 5.78 Å². The van der Waals surface area contributed by atoms with E-state index in [1.807, 2.05) is 30.3 Å². The first kappa shape index (κ1) is 19.7. The molecule has 0 aliphatic carbocycles. The van der Waals surface area contributed by atoms with E-state index in [4.69, 9.17) is 9.84 Å². The first-order chi connectivity index (χ1) is 12.5. The van der Waals surface area contributed by atoms with E-state index in [1.165, 1.54) is 25.6 Å². The maximum atomic E-state index is 12.3. The predicted octanol–water partition coefficient (Wildman–Crippen LogP) is 3.33. The van der Waals surface area contributed by atoms with Gasteiger partial charge < -0.3 is 14.7 Å². The second-order valence-electron chi connectivity index (χ2n) is 5.26. The first-order valence-electron chi connectivity index (χ1n) is 7.88. The van der Waals surface area contributed by atoms with Gasteiger partial charge in [0, 0.05) is 22.3 Å². The second kappa shape index (κ2) is 9.74. The van der Waals surface area contributed by atoms with Crippen molar-refractivity contribution < 1.29 is 24.3 Å². The second-order valence-corrected chi connectivity index (χ2v) is 6.41. The predicted molar refractivity (Wildman–Crippen MR) is 98.8 cm³/mol. The molecule has 0 atom stereocenters. The Kier molecular flexibility index (Phi) is 7.37. The van der Waals surface area contributed by atoms with Crippen LogP contribution in [0, 0.1) is 0 Å². The minimum atomic E-state index is -0.576. The lowest BCUT2D eigenvalue weighted by Crippen LogP contribution is -2.11. The Balaban J connectivity index is 2.08. The van der Waals surface area contributed by atoms with Crippen LogP contribution in [0.4, 0.5) is 0 Å². The van der Waals surface area contributed by atoms with Crippen molar-refractivity contribution in [3.05, 3.63) is 54.1 Å². The first-order valence-corrected chi connectivity index (χ1v) is 8.70. The van der Waals surface area contributed by atoms with Crippen LogP contribution in [0.1, 0.15) is 24.2 Å². The van der Waals surface area contributed by atoms with Crippen molar-refractivity contribution >= 4 is 29.2 Å². The number of aliphatic hydroxyl groups excluding tert-OH is 1. The van der Waals surface area contributed by atoms with Gasteiger partial charge in [0.15, 0.2) is 0 Å². The molecule has 0 fully saturated rings. The van der Waals surface area contributed by atoms with E-state index in [0.29, 0.717) is 11.3 Å². The van der Waals surface area contributed by atoms with Crippen LogP contribution in [0.15, 0.2) is 63.5 Å². The lowest BCUT2D eigenvalue weighted by Gasteiger charge is -2.07. The van der Waals surface area contributed by atoms with Crippen LogP contribution in [0.2, 0.25) is 0 Å². The largest absolute Gasteiger partial charge is 0.491 e. The Morgan fingerprint density at radius 3 is 2.46 bits per heavy atom. The molecule has 0 spiro atoms. The number of carbonyl (C=O) groups excluding carboxylic acids is 2. The zero-order valence-corrected chi connectivity index (χ0v) is 15.3. The zero-order valence-electron chi connectivity index (χ0n) is 14.5. The Bertz CT molecular complexity index is 802. The third-order valence-electron chi connectivity index (χ3n) is 3.16. The quantitative estimate of drug-likeness (QED) is 0.331. The molecule has 2 aromatic carbocycles. The summed E-state index contributed by atoms with van der Waals surface area (Å²) in [6.07, 6.45) is 0. The molecule has 136 valence electrons. The summed E-state index contributed by atoms with van der Waals surface area (Å²) in [5.41, 5.74) is 0.569. The van der Waals surface area contributed by atoms with Gasteiger partial charge in [0.05, 0.1) is 6.61 Å². The Morgan fingerprint density at radius 2 is 1.81 bits per heavy atom. The number of nitrogens with zero attached hydrogens (tertiary/aromatic N) is 1. The van der Waals surface area contributed by atoms with E-state index in [0.717, 1.165) is 9.79 Å². The molecule has 0 amide bonds. The fraction of sp³-hybridized carbons (Fsp3) is 0.211. The molecule has 2 aromatic rings. The molecular weight excluding hydrogens is 354 g/mol. The average molecular weight is 373 g/mol. The fourth-order valence-electron chi connectivity index (χ4n) is 1.99. The summed E-state index contributed by atoms with van der Waals surface area (Å²) in [7, 11) is 0. The molecule has 0 aliphatic rings. The standard InChI is InChI=1S/C19H19NO5S/c1-13(20-25-14(2)22)19(23)15-4-3-5-18(12-15)26-17-8-6-16(7-9-17)24-11-10-21/h3-9,12,21H,10-11H2,1-2H3/b20-13+. The van der Waals surface area contributed by atoms with Crippen LogP contribution in [0.5, 0.6) is 5.75 Å². The maximum absolute atomic E-state index is 12.3. The number of hydrogen-bond donors (Lipinski definition) is 1.